The highest BCUT2D eigenvalue weighted by molar-refractivity contribution is 6.33. The Morgan fingerprint density at radius 3 is 2.56 bits per heavy atom. The summed E-state index contributed by atoms with van der Waals surface area (Å²) in [6.45, 7) is 3.98. The van der Waals surface area contributed by atoms with E-state index in [2.05, 4.69) is 4.98 Å². The van der Waals surface area contributed by atoms with E-state index < -0.39 is 0 Å². The molecule has 5 rings (SSSR count). The lowest BCUT2D eigenvalue weighted by atomic mass is 9.93. The van der Waals surface area contributed by atoms with Crippen LogP contribution in [0.15, 0.2) is 18.2 Å². The van der Waals surface area contributed by atoms with E-state index in [-0.39, 0.29) is 24.1 Å². The van der Waals surface area contributed by atoms with Gasteiger partial charge in [-0.1, -0.05) is 6.07 Å². The highest BCUT2D eigenvalue weighted by Gasteiger charge is 2.37. The third kappa shape index (κ3) is 1.88. The summed E-state index contributed by atoms with van der Waals surface area (Å²) in [7, 11) is 0. The van der Waals surface area contributed by atoms with E-state index in [1.165, 1.54) is 5.56 Å². The Kier molecular flexibility index (Phi) is 2.91. The predicted molar refractivity (Wildman–Crippen MR) is 96.9 cm³/mol. The molecule has 0 amide bonds. The second-order valence-corrected chi connectivity index (χ2v) is 7.30. The Balaban J connectivity index is 2.00. The monoisotopic (exact) mass is 333 g/mol. The van der Waals surface area contributed by atoms with Gasteiger partial charge in [-0.25, -0.2) is 0 Å². The van der Waals surface area contributed by atoms with Gasteiger partial charge in [0.05, 0.1) is 28.9 Å². The lowest BCUT2D eigenvalue weighted by Gasteiger charge is -2.12. The molecule has 0 bridgehead atoms. The van der Waals surface area contributed by atoms with Crippen molar-refractivity contribution >= 4 is 33.4 Å². The van der Waals surface area contributed by atoms with Crippen molar-refractivity contribution in [2.75, 3.05) is 0 Å². The van der Waals surface area contributed by atoms with Crippen molar-refractivity contribution in [3.8, 4) is 5.75 Å². The van der Waals surface area contributed by atoms with Crippen molar-refractivity contribution in [2.24, 2.45) is 0 Å². The van der Waals surface area contributed by atoms with Crippen LogP contribution < -0.4 is 4.74 Å². The van der Waals surface area contributed by atoms with Crippen molar-refractivity contribution in [2.45, 2.75) is 45.6 Å². The van der Waals surface area contributed by atoms with Crippen LogP contribution in [-0.4, -0.2) is 22.7 Å². The van der Waals surface area contributed by atoms with E-state index in [1.807, 2.05) is 32.0 Å². The van der Waals surface area contributed by atoms with Gasteiger partial charge in [-0.2, -0.15) is 0 Å². The number of H-pyrrole nitrogens is 1. The maximum absolute atomic E-state index is 12.7. The topological polar surface area (TPSA) is 59.2 Å². The first kappa shape index (κ1) is 14.7. The molecule has 1 aromatic heterocycles. The van der Waals surface area contributed by atoms with Crippen LogP contribution in [0.25, 0.3) is 21.8 Å². The molecule has 0 spiro atoms. The number of fused-ring (bicyclic) bond motifs is 8. The molecule has 1 N–H and O–H groups in total. The van der Waals surface area contributed by atoms with E-state index in [1.54, 1.807) is 0 Å². The van der Waals surface area contributed by atoms with Gasteiger partial charge in [-0.15, -0.1) is 0 Å². The molecule has 126 valence electrons. The number of rotatable bonds is 2. The highest BCUT2D eigenvalue weighted by atomic mass is 16.5. The minimum absolute atomic E-state index is 0.000759. The Hall–Kier alpha value is -2.62. The summed E-state index contributed by atoms with van der Waals surface area (Å²) in [5.74, 6) is 0.697. The SMILES string of the molecule is CC(C)Oc1cccc2[nH]c3c4c(c5c(c3c12)C(=O)CC5=O)CCC4. The van der Waals surface area contributed by atoms with E-state index in [0.29, 0.717) is 11.1 Å². The molecule has 0 unspecified atom stereocenters. The molecule has 0 saturated carbocycles. The number of benzene rings is 2. The summed E-state index contributed by atoms with van der Waals surface area (Å²) in [5, 5.41) is 1.82. The van der Waals surface area contributed by atoms with Gasteiger partial charge >= 0.3 is 0 Å². The minimum atomic E-state index is -0.0556. The summed E-state index contributed by atoms with van der Waals surface area (Å²) < 4.78 is 6.02. The number of hydrogen-bond donors (Lipinski definition) is 1. The fraction of sp³-hybridized carbons (Fsp3) is 0.333. The second-order valence-electron chi connectivity index (χ2n) is 7.30. The Morgan fingerprint density at radius 1 is 1.00 bits per heavy atom. The van der Waals surface area contributed by atoms with Crippen LogP contribution in [0.4, 0.5) is 0 Å². The molecule has 0 aliphatic heterocycles. The highest BCUT2D eigenvalue weighted by Crippen LogP contribution is 2.45. The first-order chi connectivity index (χ1) is 12.1. The molecule has 0 radical (unpaired) electrons. The standard InChI is InChI=1S/C21H19NO3/c1-10(2)25-16-8-4-7-13-18(16)20-19-15(24)9-14(23)17(19)11-5-3-6-12(11)21(20)22-13/h4,7-8,10,22H,3,5-6,9H2,1-2H3. The maximum Gasteiger partial charge on any atom is 0.172 e. The van der Waals surface area contributed by atoms with Gasteiger partial charge in [-0.3, -0.25) is 9.59 Å². The second kappa shape index (κ2) is 4.94. The first-order valence-electron chi connectivity index (χ1n) is 8.91. The molecule has 25 heavy (non-hydrogen) atoms. The van der Waals surface area contributed by atoms with Crippen molar-refractivity contribution < 1.29 is 14.3 Å². The van der Waals surface area contributed by atoms with E-state index in [9.17, 15) is 9.59 Å². The van der Waals surface area contributed by atoms with E-state index in [0.717, 1.165) is 52.4 Å². The summed E-state index contributed by atoms with van der Waals surface area (Å²) in [6, 6.07) is 5.91. The Morgan fingerprint density at radius 2 is 1.76 bits per heavy atom. The Labute approximate surface area is 145 Å². The minimum Gasteiger partial charge on any atom is -0.490 e. The van der Waals surface area contributed by atoms with E-state index >= 15 is 0 Å². The number of aromatic amines is 1. The Bertz CT molecular complexity index is 1090. The normalized spacial score (nSPS) is 16.3. The molecule has 0 saturated heterocycles. The fourth-order valence-corrected chi connectivity index (χ4v) is 4.52. The van der Waals surface area contributed by atoms with Gasteiger partial charge in [-0.05, 0) is 56.4 Å². The van der Waals surface area contributed by atoms with E-state index in [4.69, 9.17) is 4.74 Å². The molecule has 3 aromatic rings. The van der Waals surface area contributed by atoms with Gasteiger partial charge in [0, 0.05) is 16.5 Å². The zero-order valence-electron chi connectivity index (χ0n) is 14.4. The third-order valence-corrected chi connectivity index (χ3v) is 5.35. The van der Waals surface area contributed by atoms with Crippen LogP contribution in [0.3, 0.4) is 0 Å². The molecule has 2 aliphatic rings. The molecule has 2 aliphatic carbocycles. The van der Waals surface area contributed by atoms with Crippen LogP contribution in [0.2, 0.25) is 0 Å². The fourth-order valence-electron chi connectivity index (χ4n) is 4.52. The summed E-state index contributed by atoms with van der Waals surface area (Å²) in [6.07, 6.45) is 2.91. The van der Waals surface area contributed by atoms with Crippen LogP contribution >= 0.6 is 0 Å². The number of aryl methyl sites for hydroxylation is 1. The van der Waals surface area contributed by atoms with Gasteiger partial charge in [0.2, 0.25) is 0 Å². The predicted octanol–water partition coefficient (Wildman–Crippen LogP) is 4.37. The van der Waals surface area contributed by atoms with Crippen molar-refractivity contribution in [3.05, 3.63) is 40.5 Å². The number of Topliss-reactive ketones (excluding diaryl/α,β-unsaturated/α-hetero) is 2. The summed E-state index contributed by atoms with van der Waals surface area (Å²) in [5.41, 5.74) is 5.59. The number of carbonyl (C=O) groups is 2. The van der Waals surface area contributed by atoms with Crippen molar-refractivity contribution in [1.29, 1.82) is 0 Å². The molecule has 0 fully saturated rings. The lowest BCUT2D eigenvalue weighted by molar-refractivity contribution is 0.0923. The van der Waals surface area contributed by atoms with Crippen LogP contribution in [0.1, 0.15) is 58.5 Å². The molecular formula is C21H19NO3. The largest absolute Gasteiger partial charge is 0.490 e. The molecule has 1 heterocycles. The average Bonchev–Trinajstić information content (AvgIpc) is 3.22. The zero-order chi connectivity index (χ0) is 17.3. The van der Waals surface area contributed by atoms with Crippen LogP contribution in [0, 0.1) is 0 Å². The van der Waals surface area contributed by atoms with Gasteiger partial charge in [0.15, 0.2) is 11.6 Å². The number of ketones is 2. The molecule has 4 nitrogen and oxygen atoms in total. The number of ether oxygens (including phenoxy) is 1. The van der Waals surface area contributed by atoms with Crippen molar-refractivity contribution in [1.82, 2.24) is 4.98 Å². The number of hydrogen-bond acceptors (Lipinski definition) is 3. The van der Waals surface area contributed by atoms with Crippen LogP contribution in [0.5, 0.6) is 5.75 Å². The molecule has 2 aromatic carbocycles. The summed E-state index contributed by atoms with van der Waals surface area (Å²) in [4.78, 5) is 28.7. The van der Waals surface area contributed by atoms with Gasteiger partial charge in [0.25, 0.3) is 0 Å². The van der Waals surface area contributed by atoms with Gasteiger partial charge in [0.1, 0.15) is 5.75 Å². The summed E-state index contributed by atoms with van der Waals surface area (Å²) >= 11 is 0. The smallest absolute Gasteiger partial charge is 0.172 e. The van der Waals surface area contributed by atoms with Crippen molar-refractivity contribution in [3.63, 3.8) is 0 Å². The number of aromatic nitrogens is 1. The lowest BCUT2D eigenvalue weighted by Crippen LogP contribution is -2.06. The van der Waals surface area contributed by atoms with Gasteiger partial charge < -0.3 is 9.72 Å². The first-order valence-corrected chi connectivity index (χ1v) is 8.91. The molecule has 4 heteroatoms. The third-order valence-electron chi connectivity index (χ3n) is 5.35. The quantitative estimate of drug-likeness (QED) is 0.709. The number of nitrogens with one attached hydrogen (secondary N) is 1. The average molecular weight is 333 g/mol. The maximum atomic E-state index is 12.7. The number of carbonyl (C=O) groups excluding carboxylic acids is 2. The molecule has 0 atom stereocenters. The molecular weight excluding hydrogens is 314 g/mol. The van der Waals surface area contributed by atoms with Crippen LogP contribution in [-0.2, 0) is 12.8 Å². The zero-order valence-corrected chi connectivity index (χ0v) is 14.4.